The lowest BCUT2D eigenvalue weighted by atomic mass is 10.0. The number of hydrogen-bond acceptors (Lipinski definition) is 4. The van der Waals surface area contributed by atoms with Crippen molar-refractivity contribution < 1.29 is 9.59 Å². The molecule has 1 N–H and O–H groups in total. The molecule has 1 aliphatic heterocycles. The van der Waals surface area contributed by atoms with E-state index in [4.69, 9.17) is 0 Å². The van der Waals surface area contributed by atoms with Crippen LogP contribution >= 0.6 is 11.3 Å². The van der Waals surface area contributed by atoms with E-state index in [0.29, 0.717) is 13.1 Å². The van der Waals surface area contributed by atoms with Gasteiger partial charge < -0.3 is 10.2 Å². The average Bonchev–Trinajstić information content (AvgIpc) is 3.08. The second-order valence-corrected chi connectivity index (χ2v) is 7.24. The first-order valence-electron chi connectivity index (χ1n) is 8.94. The van der Waals surface area contributed by atoms with Crippen molar-refractivity contribution in [2.45, 2.75) is 58.7 Å². The maximum atomic E-state index is 12.8. The fourth-order valence-electron chi connectivity index (χ4n) is 3.43. The molecule has 1 saturated heterocycles. The molecule has 1 unspecified atom stereocenters. The van der Waals surface area contributed by atoms with Crippen LogP contribution in [0.1, 0.15) is 44.9 Å². The molecular formula is C18H29N3O2S. The summed E-state index contributed by atoms with van der Waals surface area (Å²) in [4.78, 5) is 30.5. The summed E-state index contributed by atoms with van der Waals surface area (Å²) in [6.45, 7) is 9.11. The zero-order valence-corrected chi connectivity index (χ0v) is 15.8. The quantitative estimate of drug-likeness (QED) is 0.783. The van der Waals surface area contributed by atoms with Gasteiger partial charge in [0, 0.05) is 37.1 Å². The Morgan fingerprint density at radius 1 is 1.42 bits per heavy atom. The Balaban J connectivity index is 2.07. The van der Waals surface area contributed by atoms with Crippen LogP contribution in [-0.4, -0.2) is 53.3 Å². The van der Waals surface area contributed by atoms with Gasteiger partial charge in [0.2, 0.25) is 11.8 Å². The molecule has 5 nitrogen and oxygen atoms in total. The third-order valence-corrected chi connectivity index (χ3v) is 5.65. The van der Waals surface area contributed by atoms with Crippen LogP contribution in [0.2, 0.25) is 0 Å². The number of piperazine rings is 1. The second-order valence-electron chi connectivity index (χ2n) is 6.21. The molecule has 0 spiro atoms. The van der Waals surface area contributed by atoms with Crippen LogP contribution in [0, 0.1) is 0 Å². The van der Waals surface area contributed by atoms with Crippen molar-refractivity contribution in [1.82, 2.24) is 15.1 Å². The van der Waals surface area contributed by atoms with Gasteiger partial charge >= 0.3 is 0 Å². The summed E-state index contributed by atoms with van der Waals surface area (Å²) in [7, 11) is 0. The zero-order chi connectivity index (χ0) is 17.5. The number of amides is 2. The highest BCUT2D eigenvalue weighted by Crippen LogP contribution is 2.19. The van der Waals surface area contributed by atoms with E-state index in [2.05, 4.69) is 30.1 Å². The molecule has 2 heterocycles. The number of carbonyl (C=O) groups is 2. The van der Waals surface area contributed by atoms with Gasteiger partial charge in [0.05, 0.1) is 12.5 Å². The summed E-state index contributed by atoms with van der Waals surface area (Å²) in [5.74, 6) is 0.0659. The molecule has 24 heavy (non-hydrogen) atoms. The summed E-state index contributed by atoms with van der Waals surface area (Å²) >= 11 is 1.69. The summed E-state index contributed by atoms with van der Waals surface area (Å²) in [6, 6.07) is 4.01. The molecule has 6 heteroatoms. The molecule has 1 aromatic heterocycles. The molecular weight excluding hydrogens is 322 g/mol. The smallest absolute Gasteiger partial charge is 0.237 e. The zero-order valence-electron chi connectivity index (χ0n) is 15.0. The first kappa shape index (κ1) is 18.9. The van der Waals surface area contributed by atoms with Gasteiger partial charge in [-0.25, -0.2) is 0 Å². The molecule has 2 rings (SSSR count). The molecule has 0 aliphatic carbocycles. The van der Waals surface area contributed by atoms with Crippen LogP contribution in [-0.2, 0) is 16.1 Å². The lowest BCUT2D eigenvalue weighted by molar-refractivity contribution is -0.140. The molecule has 134 valence electrons. The minimum Gasteiger partial charge on any atom is -0.353 e. The summed E-state index contributed by atoms with van der Waals surface area (Å²) in [6.07, 6.45) is 2.17. The highest BCUT2D eigenvalue weighted by Gasteiger charge is 2.33. The first-order chi connectivity index (χ1) is 11.6. The van der Waals surface area contributed by atoms with E-state index in [1.54, 1.807) is 11.3 Å². The molecule has 1 aliphatic rings. The Hall–Kier alpha value is -1.40. The van der Waals surface area contributed by atoms with Gasteiger partial charge in [0.25, 0.3) is 0 Å². The molecule has 0 radical (unpaired) electrons. The van der Waals surface area contributed by atoms with Crippen LogP contribution in [0.5, 0.6) is 0 Å². The maximum absolute atomic E-state index is 12.8. The third-order valence-electron chi connectivity index (χ3n) is 4.79. The number of nitrogens with zero attached hydrogens (tertiary/aromatic N) is 2. The van der Waals surface area contributed by atoms with Crippen LogP contribution < -0.4 is 5.32 Å². The minimum atomic E-state index is -0.364. The predicted molar refractivity (Wildman–Crippen MR) is 97.9 cm³/mol. The third kappa shape index (κ3) is 4.57. The van der Waals surface area contributed by atoms with E-state index in [9.17, 15) is 9.59 Å². The van der Waals surface area contributed by atoms with Gasteiger partial charge in [-0.3, -0.25) is 14.5 Å². The molecule has 1 fully saturated rings. The topological polar surface area (TPSA) is 52.7 Å². The van der Waals surface area contributed by atoms with E-state index in [1.165, 1.54) is 4.88 Å². The lowest BCUT2D eigenvalue weighted by Gasteiger charge is -2.36. The molecule has 2 amide bonds. The van der Waals surface area contributed by atoms with Crippen molar-refractivity contribution in [1.29, 1.82) is 0 Å². The molecule has 0 aromatic carbocycles. The molecule has 0 saturated carbocycles. The van der Waals surface area contributed by atoms with Crippen molar-refractivity contribution in [3.8, 4) is 0 Å². The maximum Gasteiger partial charge on any atom is 0.237 e. The van der Waals surface area contributed by atoms with E-state index in [-0.39, 0.29) is 30.3 Å². The van der Waals surface area contributed by atoms with Crippen molar-refractivity contribution >= 4 is 23.2 Å². The van der Waals surface area contributed by atoms with Crippen molar-refractivity contribution in [2.24, 2.45) is 0 Å². The van der Waals surface area contributed by atoms with Crippen molar-refractivity contribution in [3.05, 3.63) is 22.4 Å². The SMILES string of the molecule is CCC(CC)N(CC)C(=O)CC1C(=O)NCCN1Cc1cccs1. The fraction of sp³-hybridized carbons (Fsp3) is 0.667. The van der Waals surface area contributed by atoms with Crippen molar-refractivity contribution in [2.75, 3.05) is 19.6 Å². The standard InChI is InChI=1S/C18H29N3O2S/c1-4-14(5-2)21(6-3)17(22)12-16-18(23)19-9-10-20(16)13-15-8-7-11-24-15/h7-8,11,14,16H,4-6,9-10,12-13H2,1-3H3,(H,19,23). The number of carbonyl (C=O) groups excluding carboxylic acids is 2. The minimum absolute atomic E-state index is 0.0215. The van der Waals surface area contributed by atoms with Crippen LogP contribution in [0.4, 0.5) is 0 Å². The first-order valence-corrected chi connectivity index (χ1v) is 9.82. The van der Waals surface area contributed by atoms with Gasteiger partial charge in [-0.1, -0.05) is 19.9 Å². The fourth-order valence-corrected chi connectivity index (χ4v) is 4.16. The Kier molecular flexibility index (Phi) is 7.24. The van der Waals surface area contributed by atoms with Gasteiger partial charge in [0.1, 0.15) is 0 Å². The van der Waals surface area contributed by atoms with Gasteiger partial charge in [-0.2, -0.15) is 0 Å². The number of rotatable bonds is 8. The van der Waals surface area contributed by atoms with Gasteiger partial charge in [-0.15, -0.1) is 11.3 Å². The Labute approximate surface area is 149 Å². The summed E-state index contributed by atoms with van der Waals surface area (Å²) in [5, 5.41) is 4.96. The number of hydrogen-bond donors (Lipinski definition) is 1. The molecule has 1 aromatic rings. The largest absolute Gasteiger partial charge is 0.353 e. The Morgan fingerprint density at radius 3 is 2.75 bits per heavy atom. The average molecular weight is 352 g/mol. The van der Waals surface area contributed by atoms with Crippen LogP contribution in [0.3, 0.4) is 0 Å². The Morgan fingerprint density at radius 2 is 2.17 bits per heavy atom. The molecule has 1 atom stereocenters. The van der Waals surface area contributed by atoms with E-state index < -0.39 is 0 Å². The van der Waals surface area contributed by atoms with Crippen LogP contribution in [0.15, 0.2) is 17.5 Å². The Bertz CT molecular complexity index is 528. The highest BCUT2D eigenvalue weighted by atomic mass is 32.1. The summed E-state index contributed by atoms with van der Waals surface area (Å²) in [5.41, 5.74) is 0. The normalized spacial score (nSPS) is 18.7. The monoisotopic (exact) mass is 351 g/mol. The molecule has 0 bridgehead atoms. The van der Waals surface area contributed by atoms with E-state index in [0.717, 1.165) is 25.9 Å². The highest BCUT2D eigenvalue weighted by molar-refractivity contribution is 7.09. The van der Waals surface area contributed by atoms with Gasteiger partial charge in [-0.05, 0) is 31.2 Å². The van der Waals surface area contributed by atoms with Gasteiger partial charge in [0.15, 0.2) is 0 Å². The van der Waals surface area contributed by atoms with E-state index in [1.807, 2.05) is 23.3 Å². The number of nitrogens with one attached hydrogen (secondary N) is 1. The van der Waals surface area contributed by atoms with E-state index >= 15 is 0 Å². The number of thiophene rings is 1. The summed E-state index contributed by atoms with van der Waals surface area (Å²) < 4.78 is 0. The lowest BCUT2D eigenvalue weighted by Crippen LogP contribution is -2.56. The van der Waals surface area contributed by atoms with Crippen molar-refractivity contribution in [3.63, 3.8) is 0 Å². The predicted octanol–water partition coefficient (Wildman–Crippen LogP) is 2.48. The van der Waals surface area contributed by atoms with Crippen LogP contribution in [0.25, 0.3) is 0 Å². The second kappa shape index (κ2) is 9.18.